The lowest BCUT2D eigenvalue weighted by Gasteiger charge is -2.05. The number of rotatable bonds is 4. The summed E-state index contributed by atoms with van der Waals surface area (Å²) in [6, 6.07) is 12.0. The van der Waals surface area contributed by atoms with Gasteiger partial charge in [0.2, 0.25) is 0 Å². The Morgan fingerprint density at radius 3 is 2.90 bits per heavy atom. The summed E-state index contributed by atoms with van der Waals surface area (Å²) in [4.78, 5) is 4.49. The second-order valence-electron chi connectivity index (χ2n) is 4.83. The lowest BCUT2D eigenvalue weighted by molar-refractivity contribution is 0.817. The van der Waals surface area contributed by atoms with Crippen LogP contribution >= 0.6 is 11.6 Å². The zero-order chi connectivity index (χ0) is 13.9. The van der Waals surface area contributed by atoms with Crippen molar-refractivity contribution in [3.63, 3.8) is 0 Å². The van der Waals surface area contributed by atoms with E-state index in [0.717, 1.165) is 23.6 Å². The highest BCUT2D eigenvalue weighted by molar-refractivity contribution is 6.30. The van der Waals surface area contributed by atoms with Crippen LogP contribution in [-0.4, -0.2) is 16.1 Å². The number of aromatic nitrogens is 2. The minimum atomic E-state index is 0.644. The molecule has 0 unspecified atom stereocenters. The van der Waals surface area contributed by atoms with Gasteiger partial charge < -0.3 is 10.3 Å². The highest BCUT2D eigenvalue weighted by Gasteiger charge is 2.09. The van der Waals surface area contributed by atoms with E-state index < -0.39 is 0 Å². The van der Waals surface area contributed by atoms with Crippen LogP contribution in [0.15, 0.2) is 48.8 Å². The summed E-state index contributed by atoms with van der Waals surface area (Å²) < 4.78 is 2.16. The summed E-state index contributed by atoms with van der Waals surface area (Å²) in [5, 5.41) is 1.94. The van der Waals surface area contributed by atoms with Crippen LogP contribution in [0.4, 0.5) is 0 Å². The first-order chi connectivity index (χ1) is 9.78. The van der Waals surface area contributed by atoms with Crippen molar-refractivity contribution >= 4 is 22.6 Å². The van der Waals surface area contributed by atoms with Crippen LogP contribution in [0.3, 0.4) is 0 Å². The molecule has 2 heterocycles. The molecule has 0 radical (unpaired) electrons. The second-order valence-corrected chi connectivity index (χ2v) is 5.26. The van der Waals surface area contributed by atoms with Crippen molar-refractivity contribution in [1.29, 1.82) is 0 Å². The van der Waals surface area contributed by atoms with Gasteiger partial charge in [0.15, 0.2) is 0 Å². The predicted molar refractivity (Wildman–Crippen MR) is 83.0 cm³/mol. The van der Waals surface area contributed by atoms with Gasteiger partial charge in [-0.2, -0.15) is 0 Å². The monoisotopic (exact) mass is 285 g/mol. The van der Waals surface area contributed by atoms with Gasteiger partial charge in [-0.05, 0) is 48.4 Å². The number of nitrogens with two attached hydrogens (primary N) is 1. The van der Waals surface area contributed by atoms with Crippen LogP contribution in [0.2, 0.25) is 5.02 Å². The van der Waals surface area contributed by atoms with Crippen molar-refractivity contribution < 1.29 is 0 Å². The number of fused-ring (bicyclic) bond motifs is 1. The third-order valence-corrected chi connectivity index (χ3v) is 3.61. The standard InChI is InChI=1S/C16H16ClN3/c17-14-4-1-3-12(9-14)10-20-11-13(6-7-18)15-5-2-8-19-16(15)20/h1-5,8-9,11H,6-7,10,18H2. The van der Waals surface area contributed by atoms with Crippen LogP contribution < -0.4 is 5.73 Å². The molecule has 20 heavy (non-hydrogen) atoms. The number of hydrogen-bond donors (Lipinski definition) is 1. The molecule has 0 spiro atoms. The lowest BCUT2D eigenvalue weighted by atomic mass is 10.2. The number of halogens is 1. The third-order valence-electron chi connectivity index (χ3n) is 3.37. The van der Waals surface area contributed by atoms with Gasteiger partial charge in [0.25, 0.3) is 0 Å². The fourth-order valence-corrected chi connectivity index (χ4v) is 2.72. The summed E-state index contributed by atoms with van der Waals surface area (Å²) in [7, 11) is 0. The summed E-state index contributed by atoms with van der Waals surface area (Å²) in [6.45, 7) is 1.41. The quantitative estimate of drug-likeness (QED) is 0.800. The Balaban J connectivity index is 2.03. The first-order valence-corrected chi connectivity index (χ1v) is 7.03. The SMILES string of the molecule is NCCc1cn(Cc2cccc(Cl)c2)c2ncccc12. The highest BCUT2D eigenvalue weighted by Crippen LogP contribution is 2.21. The largest absolute Gasteiger partial charge is 0.330 e. The smallest absolute Gasteiger partial charge is 0.140 e. The zero-order valence-electron chi connectivity index (χ0n) is 11.1. The van der Waals surface area contributed by atoms with E-state index in [1.54, 1.807) is 0 Å². The molecule has 3 rings (SSSR count). The Kier molecular flexibility index (Phi) is 3.72. The third kappa shape index (κ3) is 2.55. The van der Waals surface area contributed by atoms with Crippen LogP contribution in [0.25, 0.3) is 11.0 Å². The number of pyridine rings is 1. The minimum Gasteiger partial charge on any atom is -0.330 e. The molecule has 3 aromatic rings. The fourth-order valence-electron chi connectivity index (χ4n) is 2.50. The summed E-state index contributed by atoms with van der Waals surface area (Å²) in [5.74, 6) is 0. The number of hydrogen-bond acceptors (Lipinski definition) is 2. The predicted octanol–water partition coefficient (Wildman–Crippen LogP) is 3.24. The minimum absolute atomic E-state index is 0.644. The molecular formula is C16H16ClN3. The Hall–Kier alpha value is -1.84. The Morgan fingerprint density at radius 2 is 2.10 bits per heavy atom. The van der Waals surface area contributed by atoms with Crippen molar-refractivity contribution in [3.8, 4) is 0 Å². The Bertz CT molecular complexity index is 733. The van der Waals surface area contributed by atoms with Gasteiger partial charge in [-0.15, -0.1) is 0 Å². The highest BCUT2D eigenvalue weighted by atomic mass is 35.5. The molecule has 1 aromatic carbocycles. The molecule has 2 aromatic heterocycles. The molecule has 0 atom stereocenters. The van der Waals surface area contributed by atoms with Crippen molar-refractivity contribution in [2.45, 2.75) is 13.0 Å². The van der Waals surface area contributed by atoms with Gasteiger partial charge in [0.05, 0.1) is 0 Å². The van der Waals surface area contributed by atoms with E-state index in [9.17, 15) is 0 Å². The summed E-state index contributed by atoms with van der Waals surface area (Å²) in [5.41, 5.74) is 9.10. The van der Waals surface area contributed by atoms with Crippen molar-refractivity contribution in [1.82, 2.24) is 9.55 Å². The molecule has 4 heteroatoms. The molecule has 0 aliphatic carbocycles. The van der Waals surface area contributed by atoms with Gasteiger partial charge in [-0.1, -0.05) is 23.7 Å². The molecule has 0 bridgehead atoms. The topological polar surface area (TPSA) is 43.8 Å². The molecule has 0 saturated heterocycles. The molecule has 2 N–H and O–H groups in total. The average molecular weight is 286 g/mol. The van der Waals surface area contributed by atoms with Gasteiger partial charge in [-0.25, -0.2) is 4.98 Å². The van der Waals surface area contributed by atoms with Crippen molar-refractivity contribution in [2.24, 2.45) is 5.73 Å². The summed E-state index contributed by atoms with van der Waals surface area (Å²) >= 11 is 6.04. The molecule has 0 amide bonds. The summed E-state index contributed by atoms with van der Waals surface area (Å²) in [6.07, 6.45) is 4.83. The van der Waals surface area contributed by atoms with E-state index >= 15 is 0 Å². The van der Waals surface area contributed by atoms with Crippen LogP contribution in [0.1, 0.15) is 11.1 Å². The molecule has 0 aliphatic heterocycles. The molecule has 0 fully saturated rings. The van der Waals surface area contributed by atoms with Crippen LogP contribution in [0.5, 0.6) is 0 Å². The van der Waals surface area contributed by atoms with E-state index in [2.05, 4.69) is 27.9 Å². The van der Waals surface area contributed by atoms with E-state index in [0.29, 0.717) is 6.54 Å². The van der Waals surface area contributed by atoms with Crippen LogP contribution in [0, 0.1) is 0 Å². The Morgan fingerprint density at radius 1 is 1.20 bits per heavy atom. The molecule has 0 saturated carbocycles. The maximum atomic E-state index is 6.04. The first kappa shape index (κ1) is 13.2. The van der Waals surface area contributed by atoms with Crippen molar-refractivity contribution in [2.75, 3.05) is 6.54 Å². The van der Waals surface area contributed by atoms with E-state index in [4.69, 9.17) is 17.3 Å². The maximum absolute atomic E-state index is 6.04. The van der Waals surface area contributed by atoms with E-state index in [-0.39, 0.29) is 0 Å². The van der Waals surface area contributed by atoms with E-state index in [1.165, 1.54) is 16.5 Å². The van der Waals surface area contributed by atoms with Crippen LogP contribution in [-0.2, 0) is 13.0 Å². The maximum Gasteiger partial charge on any atom is 0.140 e. The van der Waals surface area contributed by atoms with Crippen molar-refractivity contribution in [3.05, 3.63) is 64.9 Å². The second kappa shape index (κ2) is 5.65. The molecule has 102 valence electrons. The van der Waals surface area contributed by atoms with Gasteiger partial charge in [0, 0.05) is 29.3 Å². The fraction of sp³-hybridized carbons (Fsp3) is 0.188. The zero-order valence-corrected chi connectivity index (χ0v) is 11.8. The lowest BCUT2D eigenvalue weighted by Crippen LogP contribution is -2.02. The van der Waals surface area contributed by atoms with Gasteiger partial charge >= 0.3 is 0 Å². The Labute approximate surface area is 123 Å². The average Bonchev–Trinajstić information content (AvgIpc) is 2.78. The first-order valence-electron chi connectivity index (χ1n) is 6.65. The molecule has 0 aliphatic rings. The van der Waals surface area contributed by atoms with Gasteiger partial charge in [-0.3, -0.25) is 0 Å². The van der Waals surface area contributed by atoms with E-state index in [1.807, 2.05) is 30.5 Å². The number of benzene rings is 1. The molecule has 3 nitrogen and oxygen atoms in total. The van der Waals surface area contributed by atoms with Gasteiger partial charge in [0.1, 0.15) is 5.65 Å². The number of nitrogens with zero attached hydrogens (tertiary/aromatic N) is 2. The molecular weight excluding hydrogens is 270 g/mol. The normalized spacial score (nSPS) is 11.1.